The van der Waals surface area contributed by atoms with Crippen LogP contribution in [0.4, 0.5) is 10.2 Å². The SMILES string of the molecule is CN=CC(=CN)c1cnc(NNC(=O)C(C)n2ccc3ncccc3c2=O)c(F)c1. The summed E-state index contributed by atoms with van der Waals surface area (Å²) in [5, 5.41) is 0.398. The van der Waals surface area contributed by atoms with Crippen molar-refractivity contribution >= 4 is 34.4 Å². The summed E-state index contributed by atoms with van der Waals surface area (Å²) in [5.41, 5.74) is 11.4. The highest BCUT2D eigenvalue weighted by Gasteiger charge is 2.18. The average Bonchev–Trinajstić information content (AvgIpc) is 2.76. The van der Waals surface area contributed by atoms with Crippen LogP contribution in [0.3, 0.4) is 0 Å². The Bertz CT molecular complexity index is 1200. The minimum Gasteiger partial charge on any atom is -0.404 e. The van der Waals surface area contributed by atoms with E-state index in [1.165, 1.54) is 35.4 Å². The lowest BCUT2D eigenvalue weighted by molar-refractivity contribution is -0.123. The van der Waals surface area contributed by atoms with Crippen molar-refractivity contribution in [3.05, 3.63) is 70.8 Å². The molecule has 0 aromatic carbocycles. The first-order valence-electron chi connectivity index (χ1n) is 8.98. The number of anilines is 1. The molecule has 10 heteroatoms. The van der Waals surface area contributed by atoms with Gasteiger partial charge in [-0.1, -0.05) is 0 Å². The van der Waals surface area contributed by atoms with Crippen molar-refractivity contribution in [2.24, 2.45) is 10.7 Å². The standard InChI is InChI=1S/C20H20FN7O2/c1-12(28-7-5-17-15(20(28)30)4-3-6-24-17)19(29)27-26-18-16(21)8-13(11-25-18)14(9-22)10-23-2/h3-12H,22H2,1-2H3,(H,25,26)(H,27,29). The van der Waals surface area contributed by atoms with E-state index in [-0.39, 0.29) is 11.4 Å². The van der Waals surface area contributed by atoms with Gasteiger partial charge in [-0.05, 0) is 31.2 Å². The number of fused-ring (bicyclic) bond motifs is 1. The molecule has 154 valence electrons. The van der Waals surface area contributed by atoms with Gasteiger partial charge in [-0.25, -0.2) is 9.37 Å². The van der Waals surface area contributed by atoms with E-state index in [9.17, 15) is 14.0 Å². The molecule has 0 spiro atoms. The Morgan fingerprint density at radius 1 is 1.37 bits per heavy atom. The van der Waals surface area contributed by atoms with Crippen LogP contribution >= 0.6 is 0 Å². The van der Waals surface area contributed by atoms with Crippen molar-refractivity contribution in [2.45, 2.75) is 13.0 Å². The highest BCUT2D eigenvalue weighted by molar-refractivity contribution is 6.09. The molecule has 3 rings (SSSR count). The van der Waals surface area contributed by atoms with E-state index in [0.29, 0.717) is 22.0 Å². The maximum absolute atomic E-state index is 14.3. The van der Waals surface area contributed by atoms with Crippen molar-refractivity contribution in [3.63, 3.8) is 0 Å². The van der Waals surface area contributed by atoms with Crippen LogP contribution in [-0.2, 0) is 4.79 Å². The van der Waals surface area contributed by atoms with Crippen molar-refractivity contribution in [1.29, 1.82) is 0 Å². The first-order valence-corrected chi connectivity index (χ1v) is 8.98. The maximum Gasteiger partial charge on any atom is 0.261 e. The fourth-order valence-corrected chi connectivity index (χ4v) is 2.79. The zero-order valence-corrected chi connectivity index (χ0v) is 16.3. The molecule has 4 N–H and O–H groups in total. The molecule has 0 radical (unpaired) electrons. The number of nitrogens with two attached hydrogens (primary N) is 1. The smallest absolute Gasteiger partial charge is 0.261 e. The van der Waals surface area contributed by atoms with Crippen molar-refractivity contribution in [3.8, 4) is 0 Å². The van der Waals surface area contributed by atoms with E-state index in [1.807, 2.05) is 0 Å². The van der Waals surface area contributed by atoms with Crippen molar-refractivity contribution < 1.29 is 9.18 Å². The summed E-state index contributed by atoms with van der Waals surface area (Å²) in [7, 11) is 1.57. The first kappa shape index (κ1) is 20.6. The average molecular weight is 409 g/mol. The second kappa shape index (κ2) is 8.95. The van der Waals surface area contributed by atoms with Crippen LogP contribution in [0.2, 0.25) is 0 Å². The topological polar surface area (TPSA) is 127 Å². The molecule has 0 aliphatic carbocycles. The number of nitrogens with zero attached hydrogens (tertiary/aromatic N) is 4. The number of pyridine rings is 3. The Kier molecular flexibility index (Phi) is 6.16. The third-order valence-corrected chi connectivity index (χ3v) is 4.42. The monoisotopic (exact) mass is 409 g/mol. The fraction of sp³-hybridized carbons (Fsp3) is 0.150. The van der Waals surface area contributed by atoms with Gasteiger partial charge in [0.05, 0.1) is 10.9 Å². The lowest BCUT2D eigenvalue weighted by Gasteiger charge is -2.16. The molecule has 0 saturated carbocycles. The number of aliphatic imine (C=N–C) groups is 1. The summed E-state index contributed by atoms with van der Waals surface area (Å²) < 4.78 is 15.6. The predicted octanol–water partition coefficient (Wildman–Crippen LogP) is 1.64. The summed E-state index contributed by atoms with van der Waals surface area (Å²) in [6.45, 7) is 1.55. The van der Waals surface area contributed by atoms with Gasteiger partial charge in [0.15, 0.2) is 11.6 Å². The fourth-order valence-electron chi connectivity index (χ4n) is 2.79. The maximum atomic E-state index is 14.3. The number of amides is 1. The molecule has 1 unspecified atom stereocenters. The summed E-state index contributed by atoms with van der Waals surface area (Å²) >= 11 is 0. The molecule has 0 aliphatic heterocycles. The number of rotatable bonds is 6. The number of hydrogen-bond acceptors (Lipinski definition) is 7. The van der Waals surface area contributed by atoms with Gasteiger partial charge >= 0.3 is 0 Å². The van der Waals surface area contributed by atoms with Crippen LogP contribution in [0, 0.1) is 5.82 Å². The third-order valence-electron chi connectivity index (χ3n) is 4.42. The predicted molar refractivity (Wildman–Crippen MR) is 113 cm³/mol. The molecule has 9 nitrogen and oxygen atoms in total. The largest absolute Gasteiger partial charge is 0.404 e. The zero-order valence-electron chi connectivity index (χ0n) is 16.3. The second-order valence-corrected chi connectivity index (χ2v) is 6.32. The number of hydrogen-bond donors (Lipinski definition) is 3. The lowest BCUT2D eigenvalue weighted by atomic mass is 10.1. The Hall–Kier alpha value is -4.08. The van der Waals surface area contributed by atoms with Gasteiger partial charge in [0.1, 0.15) is 6.04 Å². The minimum absolute atomic E-state index is 0.181. The molecule has 0 saturated heterocycles. The molecule has 1 atom stereocenters. The van der Waals surface area contributed by atoms with Crippen LogP contribution in [-0.4, -0.2) is 33.7 Å². The van der Waals surface area contributed by atoms with Crippen LogP contribution in [0.1, 0.15) is 18.5 Å². The Morgan fingerprint density at radius 2 is 2.17 bits per heavy atom. The van der Waals surface area contributed by atoms with Crippen molar-refractivity contribution in [1.82, 2.24) is 20.0 Å². The highest BCUT2D eigenvalue weighted by atomic mass is 19.1. The lowest BCUT2D eigenvalue weighted by Crippen LogP contribution is -2.38. The van der Waals surface area contributed by atoms with E-state index < -0.39 is 17.8 Å². The Labute approximate surface area is 171 Å². The van der Waals surface area contributed by atoms with Crippen LogP contribution < -0.4 is 22.1 Å². The molecular formula is C20H20FN7O2. The van der Waals surface area contributed by atoms with Crippen molar-refractivity contribution in [2.75, 3.05) is 12.5 Å². The van der Waals surface area contributed by atoms with Crippen LogP contribution in [0.25, 0.3) is 16.5 Å². The van der Waals surface area contributed by atoms with E-state index in [1.54, 1.807) is 38.4 Å². The van der Waals surface area contributed by atoms with Gasteiger partial charge in [-0.15, -0.1) is 0 Å². The van der Waals surface area contributed by atoms with Crippen LogP contribution in [0.15, 0.2) is 58.8 Å². The number of halogens is 1. The summed E-state index contributed by atoms with van der Waals surface area (Å²) in [6.07, 6.45) is 7.23. The molecule has 0 bridgehead atoms. The van der Waals surface area contributed by atoms with E-state index >= 15 is 0 Å². The molecule has 3 heterocycles. The van der Waals surface area contributed by atoms with E-state index in [2.05, 4.69) is 25.8 Å². The molecular weight excluding hydrogens is 389 g/mol. The van der Waals surface area contributed by atoms with Gasteiger partial charge < -0.3 is 10.3 Å². The normalized spacial score (nSPS) is 12.8. The number of hydrazine groups is 1. The first-order chi connectivity index (χ1) is 14.5. The molecule has 30 heavy (non-hydrogen) atoms. The number of carbonyl (C=O) groups is 1. The van der Waals surface area contributed by atoms with Gasteiger partial charge in [0, 0.05) is 49.2 Å². The quantitative estimate of drug-likeness (QED) is 0.419. The number of allylic oxidation sites excluding steroid dienone is 1. The molecule has 0 aliphatic rings. The minimum atomic E-state index is -0.857. The van der Waals surface area contributed by atoms with Crippen LogP contribution in [0.5, 0.6) is 0 Å². The van der Waals surface area contributed by atoms with Gasteiger partial charge in [-0.3, -0.25) is 30.4 Å². The Balaban J connectivity index is 1.74. The van der Waals surface area contributed by atoms with Gasteiger partial charge in [-0.2, -0.15) is 0 Å². The Morgan fingerprint density at radius 3 is 2.87 bits per heavy atom. The molecule has 1 amide bonds. The summed E-state index contributed by atoms with van der Waals surface area (Å²) in [4.78, 5) is 37.0. The molecule has 0 fully saturated rings. The van der Waals surface area contributed by atoms with E-state index in [0.717, 1.165) is 0 Å². The zero-order chi connectivity index (χ0) is 21.7. The highest BCUT2D eigenvalue weighted by Crippen LogP contribution is 2.17. The van der Waals surface area contributed by atoms with Gasteiger partial charge in [0.25, 0.3) is 11.5 Å². The number of nitrogens with one attached hydrogen (secondary N) is 2. The number of aromatic nitrogens is 3. The molecule has 3 aromatic rings. The summed E-state index contributed by atoms with van der Waals surface area (Å²) in [5.74, 6) is -1.43. The van der Waals surface area contributed by atoms with E-state index in [4.69, 9.17) is 5.73 Å². The third kappa shape index (κ3) is 4.17. The molecule has 3 aromatic heterocycles. The summed E-state index contributed by atoms with van der Waals surface area (Å²) in [6, 6.07) is 5.29. The van der Waals surface area contributed by atoms with Gasteiger partial charge in [0.2, 0.25) is 0 Å². The second-order valence-electron chi connectivity index (χ2n) is 6.32. The number of carbonyl (C=O) groups excluding carboxylic acids is 1.